The first-order chi connectivity index (χ1) is 8.69. The summed E-state index contributed by atoms with van der Waals surface area (Å²) < 4.78 is 0.897. The van der Waals surface area contributed by atoms with Crippen LogP contribution in [0.5, 0.6) is 0 Å². The van der Waals surface area contributed by atoms with Crippen molar-refractivity contribution in [1.29, 1.82) is 0 Å². The maximum absolute atomic E-state index is 10.1. The third-order valence-electron chi connectivity index (χ3n) is 2.82. The fraction of sp³-hybridized carbons (Fsp3) is 0.538. The number of nitrogens with zero attached hydrogens (tertiary/aromatic N) is 1. The Kier molecular flexibility index (Phi) is 7.46. The van der Waals surface area contributed by atoms with Gasteiger partial charge in [-0.05, 0) is 18.1 Å². The molecule has 1 unspecified atom stereocenters. The van der Waals surface area contributed by atoms with Crippen molar-refractivity contribution >= 4 is 15.9 Å². The molecule has 0 fully saturated rings. The second-order valence-electron chi connectivity index (χ2n) is 4.11. The number of benzene rings is 1. The zero-order valence-electron chi connectivity index (χ0n) is 10.3. The van der Waals surface area contributed by atoms with Crippen molar-refractivity contribution in [3.8, 4) is 0 Å². The Bertz CT molecular complexity index is 343. The Labute approximate surface area is 116 Å². The molecule has 0 aliphatic rings. The quantitative estimate of drug-likeness (QED) is 0.673. The maximum Gasteiger partial charge on any atom is 0.0813 e. The van der Waals surface area contributed by atoms with Crippen LogP contribution in [0.3, 0.4) is 0 Å². The van der Waals surface area contributed by atoms with Crippen LogP contribution in [0, 0.1) is 0 Å². The molecule has 0 heterocycles. The minimum Gasteiger partial charge on any atom is -0.395 e. The molecule has 0 amide bonds. The molecule has 0 saturated heterocycles. The van der Waals surface area contributed by atoms with Crippen LogP contribution in [0.15, 0.2) is 28.7 Å². The minimum absolute atomic E-state index is 0.0606. The molecule has 1 aromatic rings. The van der Waals surface area contributed by atoms with Crippen molar-refractivity contribution in [3.05, 3.63) is 34.3 Å². The molecule has 5 heteroatoms. The van der Waals surface area contributed by atoms with Gasteiger partial charge in [-0.3, -0.25) is 4.90 Å². The van der Waals surface area contributed by atoms with Crippen LogP contribution < -0.4 is 0 Å². The summed E-state index contributed by atoms with van der Waals surface area (Å²) in [4.78, 5) is 1.93. The van der Waals surface area contributed by atoms with E-state index in [4.69, 9.17) is 10.2 Å². The van der Waals surface area contributed by atoms with E-state index in [9.17, 15) is 5.11 Å². The van der Waals surface area contributed by atoms with E-state index in [1.54, 1.807) is 0 Å². The Hall–Kier alpha value is -0.460. The van der Waals surface area contributed by atoms with E-state index in [-0.39, 0.29) is 13.2 Å². The largest absolute Gasteiger partial charge is 0.395 e. The van der Waals surface area contributed by atoms with Gasteiger partial charge in [0, 0.05) is 24.1 Å². The van der Waals surface area contributed by atoms with Gasteiger partial charge in [-0.2, -0.15) is 0 Å². The van der Waals surface area contributed by atoms with Crippen molar-refractivity contribution in [3.63, 3.8) is 0 Å². The molecule has 0 spiro atoms. The molecule has 0 radical (unpaired) electrons. The van der Waals surface area contributed by atoms with Gasteiger partial charge < -0.3 is 15.3 Å². The fourth-order valence-corrected chi connectivity index (χ4v) is 2.37. The highest BCUT2D eigenvalue weighted by atomic mass is 79.9. The summed E-state index contributed by atoms with van der Waals surface area (Å²) in [6, 6.07) is 7.58. The third kappa shape index (κ3) is 5.04. The van der Waals surface area contributed by atoms with Crippen LogP contribution >= 0.6 is 15.9 Å². The molecule has 1 aromatic carbocycles. The van der Waals surface area contributed by atoms with Gasteiger partial charge in [0.05, 0.1) is 19.3 Å². The molecule has 0 aliphatic carbocycles. The van der Waals surface area contributed by atoms with Gasteiger partial charge in [-0.15, -0.1) is 0 Å². The van der Waals surface area contributed by atoms with Crippen LogP contribution in [0.25, 0.3) is 0 Å². The number of hydrogen-bond donors (Lipinski definition) is 3. The highest BCUT2D eigenvalue weighted by molar-refractivity contribution is 9.10. The fourth-order valence-electron chi connectivity index (χ4n) is 1.82. The topological polar surface area (TPSA) is 63.9 Å². The molecule has 102 valence electrons. The SMILES string of the molecule is OCCN(CCO)CCC(O)c1ccccc1Br. The van der Waals surface area contributed by atoms with E-state index < -0.39 is 6.10 Å². The van der Waals surface area contributed by atoms with Crippen molar-refractivity contribution in [2.24, 2.45) is 0 Å². The second-order valence-corrected chi connectivity index (χ2v) is 4.97. The molecule has 3 N–H and O–H groups in total. The van der Waals surface area contributed by atoms with E-state index in [0.717, 1.165) is 10.0 Å². The number of hydrogen-bond acceptors (Lipinski definition) is 4. The summed E-state index contributed by atoms with van der Waals surface area (Å²) in [5, 5.41) is 27.9. The molecule has 1 rings (SSSR count). The highest BCUT2D eigenvalue weighted by Crippen LogP contribution is 2.25. The summed E-state index contributed by atoms with van der Waals surface area (Å²) in [7, 11) is 0. The minimum atomic E-state index is -0.541. The lowest BCUT2D eigenvalue weighted by Crippen LogP contribution is -2.31. The number of aliphatic hydroxyl groups is 3. The van der Waals surface area contributed by atoms with E-state index in [1.165, 1.54) is 0 Å². The zero-order chi connectivity index (χ0) is 13.4. The van der Waals surface area contributed by atoms with Crippen molar-refractivity contribution in [2.75, 3.05) is 32.8 Å². The average molecular weight is 318 g/mol. The zero-order valence-corrected chi connectivity index (χ0v) is 11.9. The second kappa shape index (κ2) is 8.61. The van der Waals surface area contributed by atoms with Gasteiger partial charge >= 0.3 is 0 Å². The molecule has 4 nitrogen and oxygen atoms in total. The Morgan fingerprint density at radius 2 is 1.67 bits per heavy atom. The van der Waals surface area contributed by atoms with E-state index >= 15 is 0 Å². The van der Waals surface area contributed by atoms with E-state index in [0.29, 0.717) is 26.1 Å². The highest BCUT2D eigenvalue weighted by Gasteiger charge is 2.12. The number of aliphatic hydroxyl groups excluding tert-OH is 3. The first-order valence-corrected chi connectivity index (χ1v) is 6.85. The third-order valence-corrected chi connectivity index (χ3v) is 3.54. The summed E-state index contributed by atoms with van der Waals surface area (Å²) >= 11 is 3.41. The standard InChI is InChI=1S/C13H20BrNO3/c14-12-4-2-1-3-11(12)13(18)5-6-15(7-9-16)8-10-17/h1-4,13,16-18H,5-10H2. The van der Waals surface area contributed by atoms with Gasteiger partial charge in [-0.25, -0.2) is 0 Å². The summed E-state index contributed by atoms with van der Waals surface area (Å²) in [5.74, 6) is 0. The van der Waals surface area contributed by atoms with Crippen LogP contribution in [0.1, 0.15) is 18.1 Å². The van der Waals surface area contributed by atoms with Gasteiger partial charge in [0.25, 0.3) is 0 Å². The Morgan fingerprint density at radius 1 is 1.06 bits per heavy atom. The van der Waals surface area contributed by atoms with Gasteiger partial charge in [0.2, 0.25) is 0 Å². The molecule has 1 atom stereocenters. The van der Waals surface area contributed by atoms with E-state index in [1.807, 2.05) is 29.2 Å². The van der Waals surface area contributed by atoms with Crippen molar-refractivity contribution in [1.82, 2.24) is 4.90 Å². The lowest BCUT2D eigenvalue weighted by molar-refractivity contribution is 0.118. The summed E-state index contributed by atoms with van der Waals surface area (Å²) in [6.07, 6.45) is 0.0308. The molecular weight excluding hydrogens is 298 g/mol. The van der Waals surface area contributed by atoms with Crippen LogP contribution in [-0.4, -0.2) is 53.1 Å². The molecule has 0 aromatic heterocycles. The van der Waals surface area contributed by atoms with E-state index in [2.05, 4.69) is 15.9 Å². The molecule has 18 heavy (non-hydrogen) atoms. The van der Waals surface area contributed by atoms with Crippen LogP contribution in [0.4, 0.5) is 0 Å². The van der Waals surface area contributed by atoms with Gasteiger partial charge in [0.1, 0.15) is 0 Å². The predicted molar refractivity (Wildman–Crippen MR) is 74.3 cm³/mol. The smallest absolute Gasteiger partial charge is 0.0813 e. The molecule has 0 saturated carbocycles. The van der Waals surface area contributed by atoms with Gasteiger partial charge in [-0.1, -0.05) is 34.1 Å². The molecule has 0 aliphatic heterocycles. The van der Waals surface area contributed by atoms with Gasteiger partial charge in [0.15, 0.2) is 0 Å². The number of halogens is 1. The lowest BCUT2D eigenvalue weighted by atomic mass is 10.1. The normalized spacial score (nSPS) is 12.9. The molecule has 0 bridgehead atoms. The predicted octanol–water partition coefficient (Wildman–Crippen LogP) is 1.16. The van der Waals surface area contributed by atoms with Crippen LogP contribution in [0.2, 0.25) is 0 Å². The summed E-state index contributed by atoms with van der Waals surface area (Å²) in [6.45, 7) is 1.80. The van der Waals surface area contributed by atoms with Crippen molar-refractivity contribution < 1.29 is 15.3 Å². The first kappa shape index (κ1) is 15.6. The molecular formula is C13H20BrNO3. The summed E-state index contributed by atoms with van der Waals surface area (Å²) in [5.41, 5.74) is 0.866. The Balaban J connectivity index is 2.49. The van der Waals surface area contributed by atoms with Crippen LogP contribution in [-0.2, 0) is 0 Å². The lowest BCUT2D eigenvalue weighted by Gasteiger charge is -2.22. The maximum atomic E-state index is 10.1. The van der Waals surface area contributed by atoms with Crippen molar-refractivity contribution in [2.45, 2.75) is 12.5 Å². The monoisotopic (exact) mass is 317 g/mol. The number of rotatable bonds is 8. The average Bonchev–Trinajstić information content (AvgIpc) is 2.36. The Morgan fingerprint density at radius 3 is 2.22 bits per heavy atom. The first-order valence-electron chi connectivity index (χ1n) is 6.05.